The zero-order chi connectivity index (χ0) is 10.3. The Morgan fingerprint density at radius 2 is 1.71 bits per heavy atom. The Kier molecular flexibility index (Phi) is 12.0. The zero-order valence-electron chi connectivity index (χ0n) is 7.34. The summed E-state index contributed by atoms with van der Waals surface area (Å²) in [5, 5.41) is 0. The molecule has 7 heteroatoms. The van der Waals surface area contributed by atoms with Gasteiger partial charge in [-0.15, -0.1) is 0 Å². The van der Waals surface area contributed by atoms with Gasteiger partial charge in [0.25, 0.3) is 0 Å². The molecule has 0 saturated heterocycles. The van der Waals surface area contributed by atoms with Gasteiger partial charge in [-0.1, -0.05) is 28.1 Å². The third-order valence-corrected chi connectivity index (χ3v) is 1.53. The van der Waals surface area contributed by atoms with E-state index in [0.29, 0.717) is 5.56 Å². The SMILES string of the molecule is O=Cc1ccc(Br)cc1.O=S([O-])O.[Na+]. The average molecular weight is 289 g/mol. The number of carbonyl (C=O) groups excluding carboxylic acids is 1. The number of hydrogen-bond acceptors (Lipinski definition) is 3. The third-order valence-electron chi connectivity index (χ3n) is 1.01. The Balaban J connectivity index is 0. The van der Waals surface area contributed by atoms with E-state index in [9.17, 15) is 4.79 Å². The van der Waals surface area contributed by atoms with Crippen LogP contribution in [0.5, 0.6) is 0 Å². The summed E-state index contributed by atoms with van der Waals surface area (Å²) in [7, 11) is 0. The summed E-state index contributed by atoms with van der Waals surface area (Å²) in [6.07, 6.45) is 0.826. The van der Waals surface area contributed by atoms with E-state index in [1.54, 1.807) is 12.1 Å². The van der Waals surface area contributed by atoms with E-state index < -0.39 is 11.4 Å². The van der Waals surface area contributed by atoms with Crippen molar-refractivity contribution in [2.75, 3.05) is 0 Å². The van der Waals surface area contributed by atoms with Gasteiger partial charge in [-0.2, -0.15) is 0 Å². The minimum atomic E-state index is -2.86. The number of aldehydes is 1. The molecule has 0 aromatic heterocycles. The summed E-state index contributed by atoms with van der Waals surface area (Å²) in [6.45, 7) is 0. The molecule has 0 bridgehead atoms. The number of carbonyl (C=O) groups is 1. The summed E-state index contributed by atoms with van der Waals surface area (Å²) in [5.74, 6) is 0. The second-order valence-electron chi connectivity index (χ2n) is 1.89. The first-order valence-electron chi connectivity index (χ1n) is 3.05. The molecule has 1 aromatic rings. The van der Waals surface area contributed by atoms with Crippen LogP contribution in [-0.4, -0.2) is 19.6 Å². The van der Waals surface area contributed by atoms with Gasteiger partial charge in [0.1, 0.15) is 6.29 Å². The van der Waals surface area contributed by atoms with Crippen LogP contribution in [0.3, 0.4) is 0 Å². The van der Waals surface area contributed by atoms with Crippen LogP contribution in [0.4, 0.5) is 0 Å². The van der Waals surface area contributed by atoms with Crippen molar-refractivity contribution < 1.29 is 47.7 Å². The molecule has 1 N–H and O–H groups in total. The summed E-state index contributed by atoms with van der Waals surface area (Å²) < 4.78 is 25.1. The summed E-state index contributed by atoms with van der Waals surface area (Å²) in [6, 6.07) is 7.20. The van der Waals surface area contributed by atoms with Crippen LogP contribution in [0.1, 0.15) is 10.4 Å². The number of halogens is 1. The molecule has 0 fully saturated rings. The van der Waals surface area contributed by atoms with Crippen molar-refractivity contribution in [3.05, 3.63) is 34.3 Å². The Morgan fingerprint density at radius 3 is 2.00 bits per heavy atom. The molecule has 1 unspecified atom stereocenters. The fraction of sp³-hybridized carbons (Fsp3) is 0. The molecule has 0 aliphatic carbocycles. The summed E-state index contributed by atoms with van der Waals surface area (Å²) in [5.41, 5.74) is 0.707. The van der Waals surface area contributed by atoms with Crippen LogP contribution in [0, 0.1) is 0 Å². The van der Waals surface area contributed by atoms with Crippen molar-refractivity contribution in [1.82, 2.24) is 0 Å². The van der Waals surface area contributed by atoms with E-state index in [2.05, 4.69) is 15.9 Å². The molecule has 1 aromatic carbocycles. The van der Waals surface area contributed by atoms with Gasteiger partial charge in [0, 0.05) is 10.0 Å². The van der Waals surface area contributed by atoms with E-state index in [4.69, 9.17) is 13.3 Å². The molecule has 14 heavy (non-hydrogen) atoms. The molecular weight excluding hydrogens is 283 g/mol. The third kappa shape index (κ3) is 10.5. The molecule has 4 nitrogen and oxygen atoms in total. The second-order valence-corrected chi connectivity index (χ2v) is 3.24. The van der Waals surface area contributed by atoms with Crippen molar-refractivity contribution >= 4 is 33.6 Å². The van der Waals surface area contributed by atoms with Gasteiger partial charge in [0.15, 0.2) is 0 Å². The zero-order valence-corrected chi connectivity index (χ0v) is 11.7. The first kappa shape index (κ1) is 16.9. The smallest absolute Gasteiger partial charge is 0.750 e. The standard InChI is InChI=1S/C7H5BrO.Na.H2O3S/c8-7-3-1-6(5-9)2-4-7;;1-4(2)3/h1-5H;;(H2,1,2,3)/q;+1;/p-1. The summed E-state index contributed by atoms with van der Waals surface area (Å²) in [4.78, 5) is 10.1. The van der Waals surface area contributed by atoms with Gasteiger partial charge in [0.2, 0.25) is 0 Å². The van der Waals surface area contributed by atoms with Crippen molar-refractivity contribution in [2.24, 2.45) is 0 Å². The van der Waals surface area contributed by atoms with E-state index >= 15 is 0 Å². The fourth-order valence-corrected chi connectivity index (χ4v) is 0.806. The molecule has 72 valence electrons. The number of benzene rings is 1. The van der Waals surface area contributed by atoms with Gasteiger partial charge in [0.05, 0.1) is 11.4 Å². The van der Waals surface area contributed by atoms with Crippen LogP contribution in [0.25, 0.3) is 0 Å². The van der Waals surface area contributed by atoms with Crippen LogP contribution >= 0.6 is 15.9 Å². The maximum absolute atomic E-state index is 10.1. The van der Waals surface area contributed by atoms with Crippen LogP contribution < -0.4 is 29.6 Å². The predicted octanol–water partition coefficient (Wildman–Crippen LogP) is -1.40. The molecule has 1 atom stereocenters. The largest absolute Gasteiger partial charge is 1.00 e. The molecule has 0 spiro atoms. The molecule has 0 aliphatic heterocycles. The van der Waals surface area contributed by atoms with Crippen molar-refractivity contribution in [3.8, 4) is 0 Å². The van der Waals surface area contributed by atoms with E-state index in [1.807, 2.05) is 12.1 Å². The van der Waals surface area contributed by atoms with Gasteiger partial charge in [-0.25, -0.2) is 4.21 Å². The average Bonchev–Trinajstić information content (AvgIpc) is 2.05. The molecule has 0 amide bonds. The molecule has 0 saturated carbocycles. The van der Waals surface area contributed by atoms with Gasteiger partial charge < -0.3 is 9.11 Å². The predicted molar refractivity (Wildman–Crippen MR) is 51.1 cm³/mol. The van der Waals surface area contributed by atoms with Crippen LogP contribution in [-0.2, 0) is 11.4 Å². The van der Waals surface area contributed by atoms with E-state index in [-0.39, 0.29) is 29.6 Å². The van der Waals surface area contributed by atoms with Crippen molar-refractivity contribution in [3.63, 3.8) is 0 Å². The Labute approximate surface area is 115 Å². The molecule has 0 radical (unpaired) electrons. The maximum atomic E-state index is 10.1. The molecule has 0 heterocycles. The Bertz CT molecular complexity index is 286. The minimum absolute atomic E-state index is 0. The molecule has 0 aliphatic rings. The maximum Gasteiger partial charge on any atom is 1.00 e. The number of hydrogen-bond donors (Lipinski definition) is 1. The van der Waals surface area contributed by atoms with Gasteiger partial charge >= 0.3 is 29.6 Å². The van der Waals surface area contributed by atoms with Crippen LogP contribution in [0.15, 0.2) is 28.7 Å². The molecular formula is C7H6BrNaO4S. The van der Waals surface area contributed by atoms with Crippen molar-refractivity contribution in [2.45, 2.75) is 0 Å². The van der Waals surface area contributed by atoms with Crippen LogP contribution in [0.2, 0.25) is 0 Å². The van der Waals surface area contributed by atoms with E-state index in [1.165, 1.54) is 0 Å². The second kappa shape index (κ2) is 9.97. The Morgan fingerprint density at radius 1 is 1.36 bits per heavy atom. The summed E-state index contributed by atoms with van der Waals surface area (Å²) >= 11 is 0.398. The first-order valence-corrected chi connectivity index (χ1v) is 4.88. The molecule has 1 rings (SSSR count). The monoisotopic (exact) mass is 288 g/mol. The Hall–Kier alpha value is 0.440. The number of rotatable bonds is 1. The van der Waals surface area contributed by atoms with Gasteiger partial charge in [-0.05, 0) is 12.1 Å². The fourth-order valence-electron chi connectivity index (χ4n) is 0.541. The first-order chi connectivity index (χ1) is 6.06. The quantitative estimate of drug-likeness (QED) is 0.392. The normalized spacial score (nSPS) is 10.2. The van der Waals surface area contributed by atoms with Crippen molar-refractivity contribution in [1.29, 1.82) is 0 Å². The topological polar surface area (TPSA) is 77.4 Å². The minimum Gasteiger partial charge on any atom is -0.750 e. The van der Waals surface area contributed by atoms with Gasteiger partial charge in [-0.3, -0.25) is 4.79 Å². The van der Waals surface area contributed by atoms with E-state index in [0.717, 1.165) is 10.8 Å².